The van der Waals surface area contributed by atoms with Gasteiger partial charge in [-0.2, -0.15) is 0 Å². The quantitative estimate of drug-likeness (QED) is 0.491. The van der Waals surface area contributed by atoms with Crippen LogP contribution in [0.1, 0.15) is 53.4 Å². The van der Waals surface area contributed by atoms with Crippen LogP contribution in [0.5, 0.6) is 0 Å². The summed E-state index contributed by atoms with van der Waals surface area (Å²) < 4.78 is 47.6. The van der Waals surface area contributed by atoms with Gasteiger partial charge in [0.25, 0.3) is 0 Å². The summed E-state index contributed by atoms with van der Waals surface area (Å²) in [5.41, 5.74) is -0.355. The number of likely N-dealkylation sites (tertiary alicyclic amines) is 1. The van der Waals surface area contributed by atoms with Gasteiger partial charge in [0.1, 0.15) is 27.3 Å². The molecule has 2 saturated heterocycles. The Hall–Kier alpha value is -2.06. The number of aromatic nitrogens is 2. The Labute approximate surface area is 219 Å². The van der Waals surface area contributed by atoms with Crippen molar-refractivity contribution in [2.45, 2.75) is 76.0 Å². The first-order valence-corrected chi connectivity index (χ1v) is 13.4. The van der Waals surface area contributed by atoms with Gasteiger partial charge in [-0.1, -0.05) is 0 Å². The minimum atomic E-state index is -1.24. The summed E-state index contributed by atoms with van der Waals surface area (Å²) in [5, 5.41) is 11.8. The molecule has 0 bridgehead atoms. The number of nitrogens with zero attached hydrogens (tertiary/aromatic N) is 3. The molecule has 1 N–H and O–H groups in total. The predicted molar refractivity (Wildman–Crippen MR) is 144 cm³/mol. The summed E-state index contributed by atoms with van der Waals surface area (Å²) in [4.78, 5) is 2.71. The number of hydrogen-bond acceptors (Lipinski definition) is 5. The van der Waals surface area contributed by atoms with Gasteiger partial charge in [-0.05, 0) is 94.7 Å². The van der Waals surface area contributed by atoms with Crippen LogP contribution >= 0.6 is 0 Å². The fourth-order valence-corrected chi connectivity index (χ4v) is 7.24. The van der Waals surface area contributed by atoms with Crippen molar-refractivity contribution in [2.24, 2.45) is 17.8 Å². The molecule has 37 heavy (non-hydrogen) atoms. The molecule has 5 nitrogen and oxygen atoms in total. The lowest BCUT2D eigenvalue weighted by Gasteiger charge is -2.53. The first kappa shape index (κ1) is 26.5. The third kappa shape index (κ3) is 5.42. The van der Waals surface area contributed by atoms with Gasteiger partial charge in [-0.15, -0.1) is 10.2 Å². The molecule has 3 fully saturated rings. The van der Waals surface area contributed by atoms with Crippen LogP contribution in [-0.2, 0) is 4.74 Å². The third-order valence-corrected chi connectivity index (χ3v) is 8.88. The van der Waals surface area contributed by atoms with Crippen LogP contribution in [0.25, 0.3) is 11.3 Å². The molecule has 10 heteroatoms. The molecule has 3 heterocycles. The van der Waals surface area contributed by atoms with E-state index in [1.807, 2.05) is 0 Å². The van der Waals surface area contributed by atoms with Crippen molar-refractivity contribution < 1.29 is 17.9 Å². The molecule has 0 spiro atoms. The second-order valence-electron chi connectivity index (χ2n) is 13.2. The molecule has 2 aliphatic heterocycles. The normalized spacial score (nSPS) is 27.8. The van der Waals surface area contributed by atoms with E-state index >= 15 is 0 Å². The van der Waals surface area contributed by atoms with Crippen molar-refractivity contribution in [1.82, 2.24) is 15.1 Å². The molecule has 0 amide bonds. The molecule has 198 valence electrons. The Morgan fingerprint density at radius 1 is 0.973 bits per heavy atom. The molecular formula is C27H37B2F3N4O. The van der Waals surface area contributed by atoms with Crippen LogP contribution in [0.15, 0.2) is 24.3 Å². The maximum atomic E-state index is 14.1. The van der Waals surface area contributed by atoms with Crippen LogP contribution in [0.4, 0.5) is 19.0 Å². The van der Waals surface area contributed by atoms with E-state index in [-0.39, 0.29) is 27.8 Å². The fourth-order valence-electron chi connectivity index (χ4n) is 7.24. The number of rotatable bonds is 5. The van der Waals surface area contributed by atoms with Crippen molar-refractivity contribution in [3.8, 4) is 11.3 Å². The Kier molecular flexibility index (Phi) is 6.67. The lowest BCUT2D eigenvalue weighted by molar-refractivity contribution is -0.179. The highest BCUT2D eigenvalue weighted by molar-refractivity contribution is 6.40. The molecule has 1 saturated carbocycles. The Morgan fingerprint density at radius 3 is 2.16 bits per heavy atom. The van der Waals surface area contributed by atoms with Crippen LogP contribution in [0.3, 0.4) is 0 Å². The summed E-state index contributed by atoms with van der Waals surface area (Å²) >= 11 is 0. The molecule has 0 radical (unpaired) electrons. The van der Waals surface area contributed by atoms with E-state index < -0.39 is 17.5 Å². The Balaban J connectivity index is 1.19. The average Bonchev–Trinajstić information content (AvgIpc) is 3.34. The van der Waals surface area contributed by atoms with Crippen LogP contribution in [0, 0.1) is 35.2 Å². The van der Waals surface area contributed by atoms with Gasteiger partial charge in [0, 0.05) is 30.8 Å². The first-order valence-electron chi connectivity index (χ1n) is 13.4. The summed E-state index contributed by atoms with van der Waals surface area (Å²) in [6.07, 6.45) is 4.27. The van der Waals surface area contributed by atoms with E-state index in [0.29, 0.717) is 35.7 Å². The highest BCUT2D eigenvalue weighted by Gasteiger charge is 2.50. The zero-order chi connectivity index (χ0) is 26.8. The Morgan fingerprint density at radius 2 is 1.59 bits per heavy atom. The second-order valence-corrected chi connectivity index (χ2v) is 13.2. The molecule has 2 aromatic rings. The number of benzene rings is 1. The van der Waals surface area contributed by atoms with Gasteiger partial charge in [0.05, 0.1) is 16.9 Å². The molecule has 3 atom stereocenters. The Bertz CT molecular complexity index is 1130. The summed E-state index contributed by atoms with van der Waals surface area (Å²) in [6.45, 7) is 11.1. The lowest BCUT2D eigenvalue weighted by atomic mass is 9.50. The highest BCUT2D eigenvalue weighted by Crippen LogP contribution is 2.47. The number of hydrogen-bond donors (Lipinski definition) is 1. The topological polar surface area (TPSA) is 50.3 Å². The highest BCUT2D eigenvalue weighted by atomic mass is 19.2. The van der Waals surface area contributed by atoms with Gasteiger partial charge >= 0.3 is 0 Å². The van der Waals surface area contributed by atoms with Crippen LogP contribution in [-0.4, -0.2) is 66.5 Å². The lowest BCUT2D eigenvalue weighted by Crippen LogP contribution is -2.60. The number of ether oxygens (including phenoxy) is 1. The van der Waals surface area contributed by atoms with E-state index in [9.17, 15) is 13.2 Å². The maximum absolute atomic E-state index is 14.1. The molecule has 1 aromatic carbocycles. The number of halogens is 3. The molecular weight excluding hydrogens is 475 g/mol. The van der Waals surface area contributed by atoms with Crippen LogP contribution in [0.2, 0.25) is 0 Å². The standard InChI is InChI=1S/C27H37B2F3N4O/c1-25(2)11-17(12-26(3,4)37-25)27(28,29)36-13-15-7-19(8-16(15)14-36)33-23-6-5-22(34-35-23)20-9-18(30)10-21(31)24(20)32/h5-6,9-10,15-17,19H,7-8,11-14,28-29H2,1-4H3,(H,33,35)/t15-,16+,19+. The zero-order valence-electron chi connectivity index (χ0n) is 22.7. The van der Waals surface area contributed by atoms with Gasteiger partial charge < -0.3 is 15.0 Å². The number of fused-ring (bicyclic) bond motifs is 1. The second kappa shape index (κ2) is 9.30. The summed E-state index contributed by atoms with van der Waals surface area (Å²) in [7, 11) is 4.83. The van der Waals surface area contributed by atoms with E-state index in [1.165, 1.54) is 0 Å². The van der Waals surface area contributed by atoms with Crippen molar-refractivity contribution in [3.63, 3.8) is 0 Å². The van der Waals surface area contributed by atoms with Crippen LogP contribution < -0.4 is 5.32 Å². The summed E-state index contributed by atoms with van der Waals surface area (Å²) in [5.74, 6) is -0.780. The average molecular weight is 512 g/mol. The largest absolute Gasteiger partial charge is 0.370 e. The van der Waals surface area contributed by atoms with Gasteiger partial charge in [0.2, 0.25) is 0 Å². The predicted octanol–water partition coefficient (Wildman–Crippen LogP) is 3.59. The first-order chi connectivity index (χ1) is 17.2. The minimum Gasteiger partial charge on any atom is -0.370 e. The zero-order valence-corrected chi connectivity index (χ0v) is 22.7. The van der Waals surface area contributed by atoms with Crippen molar-refractivity contribution >= 4 is 21.5 Å². The van der Waals surface area contributed by atoms with Gasteiger partial charge in [0.15, 0.2) is 11.6 Å². The van der Waals surface area contributed by atoms with Gasteiger partial charge in [-0.3, -0.25) is 0 Å². The van der Waals surface area contributed by atoms with E-state index in [1.54, 1.807) is 12.1 Å². The molecule has 1 aliphatic carbocycles. The monoisotopic (exact) mass is 512 g/mol. The van der Waals surface area contributed by atoms with E-state index in [2.05, 4.69) is 63.8 Å². The summed E-state index contributed by atoms with van der Waals surface area (Å²) in [6, 6.07) is 4.99. The van der Waals surface area contributed by atoms with Crippen molar-refractivity contribution in [1.29, 1.82) is 0 Å². The fraction of sp³-hybridized carbons (Fsp3) is 0.630. The number of nitrogens with one attached hydrogen (secondary N) is 1. The SMILES string of the molecule is BC(B)(C1CC(C)(C)OC(C)(C)C1)N1C[C@H]2C[C@H](Nc3ccc(-c4cc(F)cc(F)c4F)nn3)C[C@H]2C1. The minimum absolute atomic E-state index is 0.0992. The number of anilines is 1. The smallest absolute Gasteiger partial charge is 0.168 e. The van der Waals surface area contributed by atoms with Gasteiger partial charge in [-0.25, -0.2) is 13.2 Å². The molecule has 3 aliphatic rings. The third-order valence-electron chi connectivity index (χ3n) is 8.88. The molecule has 5 rings (SSSR count). The maximum Gasteiger partial charge on any atom is 0.168 e. The van der Waals surface area contributed by atoms with E-state index in [0.717, 1.165) is 44.8 Å². The van der Waals surface area contributed by atoms with Crippen molar-refractivity contribution in [2.75, 3.05) is 18.4 Å². The van der Waals surface area contributed by atoms with E-state index in [4.69, 9.17) is 4.74 Å². The molecule has 0 unspecified atom stereocenters. The molecule has 1 aromatic heterocycles. The van der Waals surface area contributed by atoms with Crippen molar-refractivity contribution in [3.05, 3.63) is 41.7 Å².